The molecule has 0 amide bonds. The van der Waals surface area contributed by atoms with Crippen LogP contribution in [0.15, 0.2) is 30.5 Å². The summed E-state index contributed by atoms with van der Waals surface area (Å²) in [4.78, 5) is 11.1. The minimum Gasteiger partial charge on any atom is -0.481 e. The van der Waals surface area contributed by atoms with Crippen LogP contribution in [-0.4, -0.2) is 47.3 Å². The van der Waals surface area contributed by atoms with E-state index in [4.69, 9.17) is 9.47 Å². The monoisotopic (exact) mass is 411 g/mol. The van der Waals surface area contributed by atoms with Gasteiger partial charge in [-0.3, -0.25) is 4.90 Å². The van der Waals surface area contributed by atoms with E-state index in [1.165, 1.54) is 18.2 Å². The van der Waals surface area contributed by atoms with Crippen molar-refractivity contribution in [2.45, 2.75) is 51.2 Å². The molecule has 1 aromatic carbocycles. The molecule has 0 radical (unpaired) electrons. The highest BCUT2D eigenvalue weighted by Gasteiger charge is 2.51. The molecule has 1 aliphatic carbocycles. The first-order valence-corrected chi connectivity index (χ1v) is 10.9. The molecule has 2 aromatic rings. The number of ether oxygens (including phenoxy) is 2. The molecule has 6 nitrogen and oxygen atoms in total. The third-order valence-corrected chi connectivity index (χ3v) is 6.89. The van der Waals surface area contributed by atoms with E-state index < -0.39 is 5.60 Å². The first-order chi connectivity index (χ1) is 14.4. The molecule has 2 aliphatic rings. The Morgan fingerprint density at radius 3 is 2.60 bits per heavy atom. The Hall–Kier alpha value is -2.18. The first-order valence-electron chi connectivity index (χ1n) is 10.9. The van der Waals surface area contributed by atoms with E-state index in [2.05, 4.69) is 53.0 Å². The number of aromatic nitrogens is 2. The summed E-state index contributed by atoms with van der Waals surface area (Å²) in [5.74, 6) is 1.57. The third kappa shape index (κ3) is 3.91. The minimum absolute atomic E-state index is 0.145. The van der Waals surface area contributed by atoms with Crippen LogP contribution in [-0.2, 0) is 12.1 Å². The van der Waals surface area contributed by atoms with Gasteiger partial charge in [0, 0.05) is 31.7 Å². The van der Waals surface area contributed by atoms with Crippen molar-refractivity contribution in [3.63, 3.8) is 0 Å². The fourth-order valence-corrected chi connectivity index (χ4v) is 5.24. The second-order valence-electron chi connectivity index (χ2n) is 9.05. The van der Waals surface area contributed by atoms with Crippen molar-refractivity contribution in [2.75, 3.05) is 27.3 Å². The Kier molecular flexibility index (Phi) is 5.98. The maximum Gasteiger partial charge on any atom is 0.319 e. The van der Waals surface area contributed by atoms with Crippen LogP contribution in [0.3, 0.4) is 0 Å². The number of aliphatic hydroxyl groups is 1. The van der Waals surface area contributed by atoms with Crippen molar-refractivity contribution in [1.82, 2.24) is 14.9 Å². The standard InChI is InChI=1S/C24H33N3O3/c1-16(2)18-9-7-17(8-10-18)13-27-14-19-6-5-11-24(28,21(19)15-27)20-12-25-23(30-4)26-22(20)29-3/h7-10,12,16,19,21,28H,5-6,11,13-15H2,1-4H3/t19-,21+,24-/m1/s1. The largest absolute Gasteiger partial charge is 0.481 e. The summed E-state index contributed by atoms with van der Waals surface area (Å²) in [5.41, 5.74) is 2.40. The number of hydrogen-bond acceptors (Lipinski definition) is 6. The number of likely N-dealkylation sites (tertiary alicyclic amines) is 1. The lowest BCUT2D eigenvalue weighted by Gasteiger charge is -2.41. The molecule has 2 heterocycles. The molecule has 6 heteroatoms. The van der Waals surface area contributed by atoms with Gasteiger partial charge in [0.15, 0.2) is 0 Å². The molecule has 1 aromatic heterocycles. The van der Waals surface area contributed by atoms with Crippen LogP contribution in [0.1, 0.15) is 55.7 Å². The Morgan fingerprint density at radius 2 is 1.93 bits per heavy atom. The summed E-state index contributed by atoms with van der Waals surface area (Å²) < 4.78 is 10.6. The predicted molar refractivity (Wildman–Crippen MR) is 116 cm³/mol. The summed E-state index contributed by atoms with van der Waals surface area (Å²) in [7, 11) is 3.11. The number of nitrogens with zero attached hydrogens (tertiary/aromatic N) is 3. The Labute approximate surface area is 179 Å². The molecule has 4 rings (SSSR count). The van der Waals surface area contributed by atoms with Crippen LogP contribution >= 0.6 is 0 Å². The molecule has 1 saturated carbocycles. The van der Waals surface area contributed by atoms with Crippen molar-refractivity contribution >= 4 is 0 Å². The molecule has 2 fully saturated rings. The van der Waals surface area contributed by atoms with Crippen LogP contribution in [0.4, 0.5) is 0 Å². The van der Waals surface area contributed by atoms with Gasteiger partial charge in [-0.25, -0.2) is 4.98 Å². The van der Waals surface area contributed by atoms with Crippen LogP contribution in [0.2, 0.25) is 0 Å². The van der Waals surface area contributed by atoms with Crippen LogP contribution in [0.5, 0.6) is 11.9 Å². The normalized spacial score (nSPS) is 26.6. The molecule has 162 valence electrons. The molecule has 1 aliphatic heterocycles. The van der Waals surface area contributed by atoms with Crippen molar-refractivity contribution in [3.05, 3.63) is 47.2 Å². The maximum absolute atomic E-state index is 11.8. The highest BCUT2D eigenvalue weighted by molar-refractivity contribution is 5.33. The van der Waals surface area contributed by atoms with Crippen LogP contribution in [0.25, 0.3) is 0 Å². The van der Waals surface area contributed by atoms with Crippen LogP contribution < -0.4 is 9.47 Å². The van der Waals surface area contributed by atoms with E-state index in [1.807, 2.05) is 0 Å². The molecule has 0 spiro atoms. The molecule has 0 unspecified atom stereocenters. The smallest absolute Gasteiger partial charge is 0.319 e. The number of benzene rings is 1. The first kappa shape index (κ1) is 21.1. The van der Waals surface area contributed by atoms with Gasteiger partial charge in [-0.15, -0.1) is 0 Å². The van der Waals surface area contributed by atoms with Crippen molar-refractivity contribution in [3.8, 4) is 11.9 Å². The fraction of sp³-hybridized carbons (Fsp3) is 0.583. The van der Waals surface area contributed by atoms with Gasteiger partial charge < -0.3 is 14.6 Å². The molecule has 1 N–H and O–H groups in total. The Bertz CT molecular complexity index is 870. The summed E-state index contributed by atoms with van der Waals surface area (Å²) >= 11 is 0. The van der Waals surface area contributed by atoms with E-state index in [9.17, 15) is 5.11 Å². The topological polar surface area (TPSA) is 67.7 Å². The number of methoxy groups -OCH3 is 2. The SMILES string of the molecule is COc1ncc([C@]2(O)CCC[C@@H]3CN(Cc4ccc(C(C)C)cc4)C[C@@H]32)c(OC)n1. The predicted octanol–water partition coefficient (Wildman–Crippen LogP) is 3.74. The highest BCUT2D eigenvalue weighted by atomic mass is 16.5. The van der Waals surface area contributed by atoms with Crippen molar-refractivity contribution in [1.29, 1.82) is 0 Å². The molecule has 30 heavy (non-hydrogen) atoms. The Morgan fingerprint density at radius 1 is 1.17 bits per heavy atom. The zero-order chi connectivity index (χ0) is 21.3. The summed E-state index contributed by atoms with van der Waals surface area (Å²) in [6.07, 6.45) is 4.52. The van der Waals surface area contributed by atoms with E-state index in [0.29, 0.717) is 29.7 Å². The van der Waals surface area contributed by atoms with Gasteiger partial charge in [-0.2, -0.15) is 4.98 Å². The average molecular weight is 412 g/mol. The van der Waals surface area contributed by atoms with Gasteiger partial charge in [-0.1, -0.05) is 38.1 Å². The van der Waals surface area contributed by atoms with E-state index in [1.54, 1.807) is 13.3 Å². The second kappa shape index (κ2) is 8.52. The van der Waals surface area contributed by atoms with Gasteiger partial charge in [0.25, 0.3) is 0 Å². The van der Waals surface area contributed by atoms with Gasteiger partial charge in [-0.05, 0) is 42.2 Å². The second-order valence-corrected chi connectivity index (χ2v) is 9.05. The summed E-state index contributed by atoms with van der Waals surface area (Å²) in [5, 5.41) is 11.8. The van der Waals surface area contributed by atoms with Crippen LogP contribution in [0, 0.1) is 11.8 Å². The zero-order valence-electron chi connectivity index (χ0n) is 18.5. The van der Waals surface area contributed by atoms with Gasteiger partial charge >= 0.3 is 6.01 Å². The molecular weight excluding hydrogens is 378 g/mol. The van der Waals surface area contributed by atoms with Crippen molar-refractivity contribution < 1.29 is 14.6 Å². The van der Waals surface area contributed by atoms with E-state index in [0.717, 1.165) is 32.5 Å². The average Bonchev–Trinajstić information content (AvgIpc) is 3.17. The number of rotatable bonds is 6. The highest BCUT2D eigenvalue weighted by Crippen LogP contribution is 2.50. The quantitative estimate of drug-likeness (QED) is 0.781. The third-order valence-electron chi connectivity index (χ3n) is 6.89. The number of hydrogen-bond donors (Lipinski definition) is 1. The van der Waals surface area contributed by atoms with Gasteiger partial charge in [0.1, 0.15) is 5.60 Å². The Balaban J connectivity index is 1.54. The lowest BCUT2D eigenvalue weighted by molar-refractivity contribution is -0.0669. The van der Waals surface area contributed by atoms with Gasteiger partial charge in [0.2, 0.25) is 5.88 Å². The minimum atomic E-state index is -0.975. The van der Waals surface area contributed by atoms with E-state index >= 15 is 0 Å². The van der Waals surface area contributed by atoms with Crippen molar-refractivity contribution in [2.24, 2.45) is 11.8 Å². The number of fused-ring (bicyclic) bond motifs is 1. The zero-order valence-corrected chi connectivity index (χ0v) is 18.5. The summed E-state index contributed by atoms with van der Waals surface area (Å²) in [6.45, 7) is 7.23. The lowest BCUT2D eigenvalue weighted by Crippen LogP contribution is -2.43. The molecule has 3 atom stereocenters. The molecular formula is C24H33N3O3. The van der Waals surface area contributed by atoms with E-state index in [-0.39, 0.29) is 11.9 Å². The van der Waals surface area contributed by atoms with Gasteiger partial charge in [0.05, 0.1) is 19.8 Å². The fourth-order valence-electron chi connectivity index (χ4n) is 5.24. The molecule has 1 saturated heterocycles. The maximum atomic E-state index is 11.8. The molecule has 0 bridgehead atoms. The summed E-state index contributed by atoms with van der Waals surface area (Å²) in [6, 6.07) is 9.20. The lowest BCUT2D eigenvalue weighted by atomic mass is 9.68.